The highest BCUT2D eigenvalue weighted by atomic mass is 16.6. The fourth-order valence-electron chi connectivity index (χ4n) is 3.35. The molecule has 3 amide bonds. The molecule has 0 unspecified atom stereocenters. The Labute approximate surface area is 154 Å². The Bertz CT molecular complexity index is 662. The Morgan fingerprint density at radius 1 is 1.23 bits per heavy atom. The van der Waals surface area contributed by atoms with Crippen molar-refractivity contribution in [3.05, 3.63) is 23.8 Å². The van der Waals surface area contributed by atoms with E-state index < -0.39 is 6.03 Å². The van der Waals surface area contributed by atoms with Crippen molar-refractivity contribution < 1.29 is 19.1 Å². The zero-order valence-corrected chi connectivity index (χ0v) is 15.4. The van der Waals surface area contributed by atoms with E-state index in [1.165, 1.54) is 0 Å². The van der Waals surface area contributed by atoms with Crippen molar-refractivity contribution in [2.45, 2.75) is 32.7 Å². The van der Waals surface area contributed by atoms with E-state index in [-0.39, 0.29) is 18.5 Å². The number of ether oxygens (including phenoxy) is 2. The van der Waals surface area contributed by atoms with Gasteiger partial charge < -0.3 is 14.8 Å². The SMILES string of the molecule is CC(C)CNC(=O)NC(=O)CN1CCC[C@@H]1c1ccc2c(c1)OCCO2. The Morgan fingerprint density at radius 2 is 2.00 bits per heavy atom. The third-order valence-electron chi connectivity index (χ3n) is 4.59. The number of carbonyl (C=O) groups is 2. The van der Waals surface area contributed by atoms with Crippen molar-refractivity contribution in [2.75, 3.05) is 32.8 Å². The Hall–Kier alpha value is -2.28. The largest absolute Gasteiger partial charge is 0.486 e. The molecule has 2 heterocycles. The van der Waals surface area contributed by atoms with E-state index in [0.29, 0.717) is 25.7 Å². The summed E-state index contributed by atoms with van der Waals surface area (Å²) in [5.74, 6) is 1.59. The number of benzene rings is 1. The first kappa shape index (κ1) is 18.5. The van der Waals surface area contributed by atoms with Gasteiger partial charge in [0, 0.05) is 12.6 Å². The van der Waals surface area contributed by atoms with Gasteiger partial charge in [-0.25, -0.2) is 4.79 Å². The predicted octanol–water partition coefficient (Wildman–Crippen LogP) is 2.08. The summed E-state index contributed by atoms with van der Waals surface area (Å²) in [5.41, 5.74) is 1.11. The molecule has 0 aliphatic carbocycles. The summed E-state index contributed by atoms with van der Waals surface area (Å²) >= 11 is 0. The van der Waals surface area contributed by atoms with Crippen molar-refractivity contribution in [2.24, 2.45) is 5.92 Å². The lowest BCUT2D eigenvalue weighted by Gasteiger charge is -2.26. The van der Waals surface area contributed by atoms with E-state index in [9.17, 15) is 9.59 Å². The van der Waals surface area contributed by atoms with Crippen LogP contribution in [0.1, 0.15) is 38.3 Å². The van der Waals surface area contributed by atoms with E-state index in [1.54, 1.807) is 0 Å². The third kappa shape index (κ3) is 4.66. The summed E-state index contributed by atoms with van der Waals surface area (Å²) in [5, 5.41) is 5.10. The van der Waals surface area contributed by atoms with E-state index in [0.717, 1.165) is 36.4 Å². The average molecular weight is 361 g/mol. The first-order chi connectivity index (χ1) is 12.5. The fraction of sp³-hybridized carbons (Fsp3) is 0.579. The molecule has 7 heteroatoms. The minimum absolute atomic E-state index is 0.148. The standard InChI is InChI=1S/C19H27N3O4/c1-13(2)11-20-19(24)21-18(23)12-22-7-3-4-15(22)14-5-6-16-17(10-14)26-9-8-25-16/h5-6,10,13,15H,3-4,7-9,11-12H2,1-2H3,(H2,20,21,23,24)/t15-/m1/s1. The number of fused-ring (bicyclic) bond motifs is 1. The monoisotopic (exact) mass is 361 g/mol. The van der Waals surface area contributed by atoms with Gasteiger partial charge in [0.25, 0.3) is 0 Å². The summed E-state index contributed by atoms with van der Waals surface area (Å²) in [6.07, 6.45) is 2.00. The van der Waals surface area contributed by atoms with Gasteiger partial charge in [-0.1, -0.05) is 19.9 Å². The maximum atomic E-state index is 12.2. The van der Waals surface area contributed by atoms with Gasteiger partial charge >= 0.3 is 6.03 Å². The van der Waals surface area contributed by atoms with Crippen LogP contribution in [0.5, 0.6) is 11.5 Å². The number of hydrogen-bond donors (Lipinski definition) is 2. The molecule has 1 aromatic carbocycles. The molecule has 0 spiro atoms. The first-order valence-electron chi connectivity index (χ1n) is 9.24. The molecule has 0 saturated carbocycles. The van der Waals surface area contributed by atoms with Crippen LogP contribution in [-0.4, -0.2) is 49.7 Å². The van der Waals surface area contributed by atoms with E-state index >= 15 is 0 Å². The molecule has 1 saturated heterocycles. The van der Waals surface area contributed by atoms with Crippen LogP contribution in [0.4, 0.5) is 4.79 Å². The van der Waals surface area contributed by atoms with Gasteiger partial charge in [-0.05, 0) is 43.0 Å². The molecule has 1 atom stereocenters. The smallest absolute Gasteiger partial charge is 0.321 e. The molecule has 2 N–H and O–H groups in total. The van der Waals surface area contributed by atoms with Crippen LogP contribution in [0.25, 0.3) is 0 Å². The zero-order valence-electron chi connectivity index (χ0n) is 15.4. The lowest BCUT2D eigenvalue weighted by atomic mass is 10.0. The second kappa shape index (κ2) is 8.40. The molecule has 1 aromatic rings. The molecular formula is C19H27N3O4. The van der Waals surface area contributed by atoms with Gasteiger partial charge in [-0.3, -0.25) is 15.0 Å². The van der Waals surface area contributed by atoms with E-state index in [2.05, 4.69) is 15.5 Å². The van der Waals surface area contributed by atoms with Crippen LogP contribution in [0.3, 0.4) is 0 Å². The molecule has 0 bridgehead atoms. The molecule has 3 rings (SSSR count). The lowest BCUT2D eigenvalue weighted by molar-refractivity contribution is -0.121. The third-order valence-corrected chi connectivity index (χ3v) is 4.59. The van der Waals surface area contributed by atoms with Crippen LogP contribution in [0.2, 0.25) is 0 Å². The number of amides is 3. The number of nitrogens with zero attached hydrogens (tertiary/aromatic N) is 1. The fourth-order valence-corrected chi connectivity index (χ4v) is 3.35. The number of imide groups is 1. The predicted molar refractivity (Wildman–Crippen MR) is 97.4 cm³/mol. The van der Waals surface area contributed by atoms with Crippen molar-refractivity contribution in [3.63, 3.8) is 0 Å². The number of hydrogen-bond acceptors (Lipinski definition) is 5. The number of carbonyl (C=O) groups excluding carboxylic acids is 2. The lowest BCUT2D eigenvalue weighted by Crippen LogP contribution is -2.45. The molecule has 26 heavy (non-hydrogen) atoms. The molecule has 2 aliphatic heterocycles. The topological polar surface area (TPSA) is 79.9 Å². The van der Waals surface area contributed by atoms with Crippen LogP contribution in [-0.2, 0) is 4.79 Å². The van der Waals surface area contributed by atoms with Gasteiger partial charge in [-0.2, -0.15) is 0 Å². The summed E-state index contributed by atoms with van der Waals surface area (Å²) in [6.45, 7) is 6.71. The van der Waals surface area contributed by atoms with Gasteiger partial charge in [0.15, 0.2) is 11.5 Å². The summed E-state index contributed by atoms with van der Waals surface area (Å²) in [7, 11) is 0. The van der Waals surface area contributed by atoms with Crippen molar-refractivity contribution in [1.29, 1.82) is 0 Å². The maximum Gasteiger partial charge on any atom is 0.321 e. The summed E-state index contributed by atoms with van der Waals surface area (Å²) in [6, 6.07) is 5.68. The Balaban J connectivity index is 1.58. The Morgan fingerprint density at radius 3 is 2.77 bits per heavy atom. The van der Waals surface area contributed by atoms with Crippen molar-refractivity contribution in [3.8, 4) is 11.5 Å². The van der Waals surface area contributed by atoms with E-state index in [1.807, 2.05) is 32.0 Å². The second-order valence-electron chi connectivity index (χ2n) is 7.18. The quantitative estimate of drug-likeness (QED) is 0.839. The van der Waals surface area contributed by atoms with Crippen LogP contribution in [0.15, 0.2) is 18.2 Å². The van der Waals surface area contributed by atoms with Crippen molar-refractivity contribution in [1.82, 2.24) is 15.5 Å². The molecule has 142 valence electrons. The van der Waals surface area contributed by atoms with Crippen molar-refractivity contribution >= 4 is 11.9 Å². The van der Waals surface area contributed by atoms with Gasteiger partial charge in [0.2, 0.25) is 5.91 Å². The van der Waals surface area contributed by atoms with E-state index in [4.69, 9.17) is 9.47 Å². The number of rotatable bonds is 5. The highest BCUT2D eigenvalue weighted by molar-refractivity contribution is 5.95. The molecule has 7 nitrogen and oxygen atoms in total. The van der Waals surface area contributed by atoms with Crippen LogP contribution in [0, 0.1) is 5.92 Å². The average Bonchev–Trinajstić information content (AvgIpc) is 3.07. The number of nitrogens with one attached hydrogen (secondary N) is 2. The summed E-state index contributed by atoms with van der Waals surface area (Å²) in [4.78, 5) is 26.1. The second-order valence-corrected chi connectivity index (χ2v) is 7.18. The summed E-state index contributed by atoms with van der Waals surface area (Å²) < 4.78 is 11.2. The van der Waals surface area contributed by atoms with Gasteiger partial charge in [0.1, 0.15) is 13.2 Å². The maximum absolute atomic E-state index is 12.2. The minimum Gasteiger partial charge on any atom is -0.486 e. The highest BCUT2D eigenvalue weighted by Gasteiger charge is 2.29. The highest BCUT2D eigenvalue weighted by Crippen LogP contribution is 2.37. The van der Waals surface area contributed by atoms with Gasteiger partial charge in [0.05, 0.1) is 6.54 Å². The Kier molecular flexibility index (Phi) is 5.98. The minimum atomic E-state index is -0.432. The molecule has 0 radical (unpaired) electrons. The number of urea groups is 1. The molecule has 1 fully saturated rings. The molecular weight excluding hydrogens is 334 g/mol. The first-order valence-corrected chi connectivity index (χ1v) is 9.24. The van der Waals surface area contributed by atoms with Crippen LogP contribution >= 0.6 is 0 Å². The normalized spacial score (nSPS) is 19.4. The zero-order chi connectivity index (χ0) is 18.5. The number of likely N-dealkylation sites (tertiary alicyclic amines) is 1. The van der Waals surface area contributed by atoms with Gasteiger partial charge in [-0.15, -0.1) is 0 Å². The molecule has 2 aliphatic rings. The van der Waals surface area contributed by atoms with Crippen LogP contribution < -0.4 is 20.1 Å². The molecule has 0 aromatic heterocycles.